The molecule has 0 fully saturated rings. The molecule has 1 aromatic carbocycles. The number of anilines is 1. The predicted molar refractivity (Wildman–Crippen MR) is 137 cm³/mol. The molecule has 2 aromatic rings. The van der Waals surface area contributed by atoms with E-state index in [-0.39, 0.29) is 5.83 Å². The highest BCUT2D eigenvalue weighted by molar-refractivity contribution is 5.71. The molecule has 6 heteroatoms. The summed E-state index contributed by atoms with van der Waals surface area (Å²) in [5, 5.41) is 0. The fourth-order valence-corrected chi connectivity index (χ4v) is 4.01. The second kappa shape index (κ2) is 11.7. The Labute approximate surface area is 197 Å². The number of nitrogens with zero attached hydrogens (tertiary/aromatic N) is 4. The third kappa shape index (κ3) is 6.02. The number of unbranched alkanes of at least 4 members (excludes halogenated alkanes) is 1. The molecule has 0 bridgehead atoms. The molecule has 0 atom stereocenters. The minimum atomic E-state index is -0.145. The van der Waals surface area contributed by atoms with Gasteiger partial charge in [-0.15, -0.1) is 0 Å². The molecule has 0 saturated heterocycles. The molecule has 1 aromatic heterocycles. The first-order valence-corrected chi connectivity index (χ1v) is 11.6. The van der Waals surface area contributed by atoms with Gasteiger partial charge in [0.1, 0.15) is 17.3 Å². The first-order chi connectivity index (χ1) is 16.0. The van der Waals surface area contributed by atoms with Gasteiger partial charge < -0.3 is 20.1 Å². The van der Waals surface area contributed by atoms with Gasteiger partial charge in [-0.1, -0.05) is 49.6 Å². The Morgan fingerprint density at radius 2 is 1.91 bits per heavy atom. The second-order valence-corrected chi connectivity index (χ2v) is 8.47. The van der Waals surface area contributed by atoms with Gasteiger partial charge >= 0.3 is 0 Å². The molecule has 0 amide bonds. The summed E-state index contributed by atoms with van der Waals surface area (Å²) in [5.41, 5.74) is 9.33. The molecule has 1 aliphatic carbocycles. The van der Waals surface area contributed by atoms with Crippen LogP contribution in [0.5, 0.6) is 0 Å². The zero-order valence-corrected chi connectivity index (χ0v) is 19.9. The van der Waals surface area contributed by atoms with Crippen LogP contribution < -0.4 is 10.6 Å². The summed E-state index contributed by atoms with van der Waals surface area (Å²) >= 11 is 0. The Bertz CT molecular complexity index is 1020. The smallest absolute Gasteiger partial charge is 0.160 e. The lowest BCUT2D eigenvalue weighted by Gasteiger charge is -2.25. The number of aromatic nitrogens is 2. The second-order valence-electron chi connectivity index (χ2n) is 8.47. The van der Waals surface area contributed by atoms with Gasteiger partial charge in [0.25, 0.3) is 0 Å². The van der Waals surface area contributed by atoms with E-state index in [9.17, 15) is 4.39 Å². The number of hydrogen-bond donors (Lipinski definition) is 1. The molecule has 0 unspecified atom stereocenters. The number of benzene rings is 1. The van der Waals surface area contributed by atoms with Gasteiger partial charge in [-0.3, -0.25) is 0 Å². The molecule has 33 heavy (non-hydrogen) atoms. The average Bonchev–Trinajstić information content (AvgIpc) is 3.17. The van der Waals surface area contributed by atoms with E-state index in [2.05, 4.69) is 34.8 Å². The molecule has 5 nitrogen and oxygen atoms in total. The van der Waals surface area contributed by atoms with Crippen molar-refractivity contribution >= 4 is 11.5 Å². The Balaban J connectivity index is 2.07. The highest BCUT2D eigenvalue weighted by atomic mass is 19.1. The minimum absolute atomic E-state index is 0.145. The van der Waals surface area contributed by atoms with E-state index >= 15 is 0 Å². The number of nitrogens with two attached hydrogens (primary N) is 1. The quantitative estimate of drug-likeness (QED) is 0.449. The van der Waals surface area contributed by atoms with E-state index in [1.54, 1.807) is 12.3 Å². The van der Waals surface area contributed by atoms with Crippen molar-refractivity contribution in [3.05, 3.63) is 90.3 Å². The van der Waals surface area contributed by atoms with E-state index in [0.29, 0.717) is 25.1 Å². The third-order valence-corrected chi connectivity index (χ3v) is 6.04. The zero-order valence-electron chi connectivity index (χ0n) is 19.9. The fraction of sp³-hybridized carbons (Fsp3) is 0.370. The van der Waals surface area contributed by atoms with Crippen molar-refractivity contribution in [3.63, 3.8) is 0 Å². The van der Waals surface area contributed by atoms with Gasteiger partial charge in [0.15, 0.2) is 5.82 Å². The molecule has 2 N–H and O–H groups in total. The maximum absolute atomic E-state index is 14.6. The van der Waals surface area contributed by atoms with Crippen LogP contribution >= 0.6 is 0 Å². The monoisotopic (exact) mass is 449 g/mol. The van der Waals surface area contributed by atoms with Crippen LogP contribution in [-0.4, -0.2) is 41.6 Å². The summed E-state index contributed by atoms with van der Waals surface area (Å²) in [6.07, 6.45) is 9.37. The van der Waals surface area contributed by atoms with Gasteiger partial charge in [0, 0.05) is 33.6 Å². The van der Waals surface area contributed by atoms with E-state index in [0.717, 1.165) is 60.8 Å². The molecule has 1 heterocycles. The SMILES string of the molecule is C=CN(C)c1nc(CC2=CCCC=C2F)n(Cc2ccccc2)c1C(=C)N(C)CCCCN. The maximum atomic E-state index is 14.6. The first kappa shape index (κ1) is 24.5. The zero-order chi connectivity index (χ0) is 23.8. The molecule has 0 aliphatic heterocycles. The Morgan fingerprint density at radius 1 is 1.18 bits per heavy atom. The Hall–Kier alpha value is -3.12. The van der Waals surface area contributed by atoms with Gasteiger partial charge in [0.05, 0.1) is 5.70 Å². The average molecular weight is 450 g/mol. The Morgan fingerprint density at radius 3 is 2.58 bits per heavy atom. The van der Waals surface area contributed by atoms with E-state index in [1.807, 2.05) is 43.3 Å². The molecule has 0 spiro atoms. The lowest BCUT2D eigenvalue weighted by Crippen LogP contribution is -2.22. The van der Waals surface area contributed by atoms with E-state index in [1.165, 1.54) is 0 Å². The van der Waals surface area contributed by atoms with Gasteiger partial charge in [0.2, 0.25) is 0 Å². The number of halogens is 1. The van der Waals surface area contributed by atoms with E-state index < -0.39 is 0 Å². The van der Waals surface area contributed by atoms with Crippen LogP contribution in [0.15, 0.2) is 73.2 Å². The van der Waals surface area contributed by atoms with Crippen LogP contribution in [-0.2, 0) is 13.0 Å². The fourth-order valence-electron chi connectivity index (χ4n) is 4.01. The maximum Gasteiger partial charge on any atom is 0.160 e. The van der Waals surface area contributed by atoms with Crippen molar-refractivity contribution in [3.8, 4) is 0 Å². The van der Waals surface area contributed by atoms with Crippen LogP contribution in [0.25, 0.3) is 5.70 Å². The number of imidazole rings is 1. The van der Waals surface area contributed by atoms with Crippen molar-refractivity contribution in [1.29, 1.82) is 0 Å². The van der Waals surface area contributed by atoms with E-state index in [4.69, 9.17) is 10.7 Å². The number of allylic oxidation sites excluding steroid dienone is 4. The lowest BCUT2D eigenvalue weighted by atomic mass is 10.0. The molecular formula is C27H36FN5. The molecule has 176 valence electrons. The van der Waals surface area contributed by atoms with Gasteiger partial charge in [-0.2, -0.15) is 0 Å². The normalized spacial score (nSPS) is 13.3. The minimum Gasteiger partial charge on any atom is -0.373 e. The Kier molecular flexibility index (Phi) is 8.66. The summed E-state index contributed by atoms with van der Waals surface area (Å²) in [7, 11) is 3.97. The standard InChI is InChI=1S/C27H36FN5/c1-5-31(3)27-26(21(2)32(4)18-12-11-17-29)33(20-22-13-7-6-8-14-22)25(30-27)19-23-15-9-10-16-24(23)28/h5-8,13-16H,1-2,9-12,17-20,29H2,3-4H3. The first-order valence-electron chi connectivity index (χ1n) is 11.6. The highest BCUT2D eigenvalue weighted by Crippen LogP contribution is 2.32. The number of hydrogen-bond acceptors (Lipinski definition) is 4. The van der Waals surface area contributed by atoms with Crippen LogP contribution in [0.3, 0.4) is 0 Å². The van der Waals surface area contributed by atoms with Crippen molar-refractivity contribution < 1.29 is 4.39 Å². The lowest BCUT2D eigenvalue weighted by molar-refractivity contribution is 0.455. The van der Waals surface area contributed by atoms with Gasteiger partial charge in [-0.25, -0.2) is 9.37 Å². The molecule has 0 radical (unpaired) electrons. The van der Waals surface area contributed by atoms with Crippen LogP contribution in [0.1, 0.15) is 42.8 Å². The van der Waals surface area contributed by atoms with Crippen molar-refractivity contribution in [1.82, 2.24) is 14.5 Å². The van der Waals surface area contributed by atoms with Crippen LogP contribution in [0, 0.1) is 0 Å². The molecule has 0 saturated carbocycles. The summed E-state index contributed by atoms with van der Waals surface area (Å²) in [6, 6.07) is 10.3. The van der Waals surface area contributed by atoms with Crippen molar-refractivity contribution in [2.45, 2.75) is 38.6 Å². The molecule has 3 rings (SSSR count). The van der Waals surface area contributed by atoms with Crippen LogP contribution in [0.4, 0.5) is 10.2 Å². The summed E-state index contributed by atoms with van der Waals surface area (Å²) < 4.78 is 16.8. The predicted octanol–water partition coefficient (Wildman–Crippen LogP) is 5.27. The molecular weight excluding hydrogens is 413 g/mol. The number of rotatable bonds is 12. The van der Waals surface area contributed by atoms with Gasteiger partial charge in [-0.05, 0) is 55.6 Å². The van der Waals surface area contributed by atoms with Crippen molar-refractivity contribution in [2.24, 2.45) is 5.73 Å². The summed E-state index contributed by atoms with van der Waals surface area (Å²) in [5.74, 6) is 1.44. The summed E-state index contributed by atoms with van der Waals surface area (Å²) in [4.78, 5) is 9.04. The van der Waals surface area contributed by atoms with Crippen molar-refractivity contribution in [2.75, 3.05) is 32.1 Å². The molecule has 1 aliphatic rings. The summed E-state index contributed by atoms with van der Waals surface area (Å²) in [6.45, 7) is 10.5. The third-order valence-electron chi connectivity index (χ3n) is 6.04. The highest BCUT2D eigenvalue weighted by Gasteiger charge is 2.25. The topological polar surface area (TPSA) is 50.3 Å². The largest absolute Gasteiger partial charge is 0.373 e. The van der Waals surface area contributed by atoms with Crippen LogP contribution in [0.2, 0.25) is 0 Å².